The van der Waals surface area contributed by atoms with Gasteiger partial charge in [-0.3, -0.25) is 9.59 Å². The van der Waals surface area contributed by atoms with Crippen molar-refractivity contribution in [3.63, 3.8) is 0 Å². The van der Waals surface area contributed by atoms with Crippen molar-refractivity contribution in [1.82, 2.24) is 4.31 Å². The lowest BCUT2D eigenvalue weighted by Crippen LogP contribution is -2.50. The highest BCUT2D eigenvalue weighted by atomic mass is 32.2. The maximum atomic E-state index is 12.0. The number of amides is 1. The maximum absolute atomic E-state index is 12.0. The molecule has 0 aromatic carbocycles. The third-order valence-corrected chi connectivity index (χ3v) is 5.57. The normalized spacial score (nSPS) is 34.5. The zero-order valence-electron chi connectivity index (χ0n) is 9.71. The molecule has 0 bridgehead atoms. The van der Waals surface area contributed by atoms with Gasteiger partial charge in [0, 0.05) is 6.04 Å². The number of hydrogen-bond donors (Lipinski definition) is 1. The van der Waals surface area contributed by atoms with E-state index in [9.17, 15) is 18.0 Å². The number of rotatable bonds is 2. The highest BCUT2D eigenvalue weighted by molar-refractivity contribution is 7.90. The third-order valence-electron chi connectivity index (χ3n) is 3.42. The molecule has 0 radical (unpaired) electrons. The Hall–Kier alpha value is -1.11. The molecule has 2 fully saturated rings. The molecule has 2 aliphatic rings. The lowest BCUT2D eigenvalue weighted by molar-refractivity contribution is -0.149. The molecule has 0 unspecified atom stereocenters. The first-order valence-corrected chi connectivity index (χ1v) is 7.05. The minimum atomic E-state index is -3.56. The molecular weight excluding hydrogens is 246 g/mol. The van der Waals surface area contributed by atoms with Gasteiger partial charge < -0.3 is 5.11 Å². The number of carbonyl (C=O) groups excluding carboxylic acids is 1. The predicted octanol–water partition coefficient (Wildman–Crippen LogP) is 0.0478. The lowest BCUT2D eigenvalue weighted by Gasteiger charge is -2.38. The van der Waals surface area contributed by atoms with Gasteiger partial charge in [-0.25, -0.2) is 12.7 Å². The van der Waals surface area contributed by atoms with E-state index in [0.717, 1.165) is 4.31 Å². The molecule has 0 aromatic heterocycles. The molecule has 1 aliphatic heterocycles. The van der Waals surface area contributed by atoms with Gasteiger partial charge in [-0.2, -0.15) is 0 Å². The smallest absolute Gasteiger partial charge is 0.306 e. The first kappa shape index (κ1) is 12.3. The Morgan fingerprint density at radius 3 is 2.29 bits per heavy atom. The van der Waals surface area contributed by atoms with Crippen LogP contribution in [0.3, 0.4) is 0 Å². The van der Waals surface area contributed by atoms with Gasteiger partial charge in [-0.15, -0.1) is 0 Å². The Kier molecular flexibility index (Phi) is 2.50. The Morgan fingerprint density at radius 1 is 1.41 bits per heavy atom. The monoisotopic (exact) mass is 261 g/mol. The fraction of sp³-hybridized carbons (Fsp3) is 0.800. The summed E-state index contributed by atoms with van der Waals surface area (Å²) in [6, 6.07) is -0.463. The molecule has 1 saturated carbocycles. The fourth-order valence-electron chi connectivity index (χ4n) is 2.39. The zero-order valence-corrected chi connectivity index (χ0v) is 10.5. The third kappa shape index (κ3) is 1.82. The van der Waals surface area contributed by atoms with Gasteiger partial charge in [0.05, 0.1) is 17.1 Å². The summed E-state index contributed by atoms with van der Waals surface area (Å²) in [5.41, 5.74) is -0.896. The van der Waals surface area contributed by atoms with E-state index < -0.39 is 39.3 Å². The Bertz CT molecular complexity index is 475. The maximum Gasteiger partial charge on any atom is 0.306 e. The van der Waals surface area contributed by atoms with Gasteiger partial charge in [-0.05, 0) is 26.7 Å². The van der Waals surface area contributed by atoms with E-state index >= 15 is 0 Å². The predicted molar refractivity (Wildman–Crippen MR) is 58.6 cm³/mol. The van der Waals surface area contributed by atoms with E-state index in [1.165, 1.54) is 0 Å². The highest BCUT2D eigenvalue weighted by Gasteiger charge is 2.54. The molecule has 0 spiro atoms. The van der Waals surface area contributed by atoms with Crippen LogP contribution < -0.4 is 0 Å². The first-order valence-electron chi connectivity index (χ1n) is 5.44. The largest absolute Gasteiger partial charge is 0.481 e. The second-order valence-electron chi connectivity index (χ2n) is 5.40. The number of aliphatic carboxylic acids is 1. The van der Waals surface area contributed by atoms with Crippen LogP contribution in [0, 0.1) is 11.3 Å². The molecule has 1 N–H and O–H groups in total. The lowest BCUT2D eigenvalue weighted by atomic mass is 9.79. The Morgan fingerprint density at radius 2 is 1.94 bits per heavy atom. The molecule has 1 saturated heterocycles. The van der Waals surface area contributed by atoms with Crippen molar-refractivity contribution < 1.29 is 23.1 Å². The molecule has 17 heavy (non-hydrogen) atoms. The average Bonchev–Trinajstić information content (AvgIpc) is 2.19. The van der Waals surface area contributed by atoms with E-state index in [1.54, 1.807) is 13.8 Å². The summed E-state index contributed by atoms with van der Waals surface area (Å²) in [6.45, 7) is 3.19. The first-order chi connectivity index (χ1) is 7.65. The van der Waals surface area contributed by atoms with E-state index in [1.807, 2.05) is 0 Å². The molecule has 1 amide bonds. The second-order valence-corrected chi connectivity index (χ2v) is 7.25. The van der Waals surface area contributed by atoms with Gasteiger partial charge in [0.2, 0.25) is 15.9 Å². The number of carbonyl (C=O) groups is 2. The van der Waals surface area contributed by atoms with Gasteiger partial charge in [-0.1, -0.05) is 0 Å². The summed E-state index contributed by atoms with van der Waals surface area (Å²) in [5, 5.41) is 8.74. The molecule has 0 aromatic rings. The molecule has 1 aliphatic carbocycles. The summed E-state index contributed by atoms with van der Waals surface area (Å²) in [6.07, 6.45) is 0.465. The van der Waals surface area contributed by atoms with Crippen LogP contribution in [0.2, 0.25) is 0 Å². The van der Waals surface area contributed by atoms with E-state index in [2.05, 4.69) is 0 Å². The van der Waals surface area contributed by atoms with Gasteiger partial charge in [0.1, 0.15) is 0 Å². The van der Waals surface area contributed by atoms with Crippen molar-refractivity contribution in [3.05, 3.63) is 0 Å². The molecule has 2 rings (SSSR count). The summed E-state index contributed by atoms with van der Waals surface area (Å²) in [5.74, 6) is -2.05. The number of hydrogen-bond acceptors (Lipinski definition) is 4. The van der Waals surface area contributed by atoms with Crippen LogP contribution >= 0.6 is 0 Å². The Balaban J connectivity index is 2.18. The number of carboxylic acid groups (broad SMARTS) is 1. The van der Waals surface area contributed by atoms with Gasteiger partial charge in [0.25, 0.3) is 0 Å². The highest BCUT2D eigenvalue weighted by Crippen LogP contribution is 2.40. The van der Waals surface area contributed by atoms with Gasteiger partial charge in [0.15, 0.2) is 0 Å². The van der Waals surface area contributed by atoms with Crippen molar-refractivity contribution in [3.8, 4) is 0 Å². The Labute approximate surface area is 99.6 Å². The van der Waals surface area contributed by atoms with E-state index in [4.69, 9.17) is 5.11 Å². The summed E-state index contributed by atoms with van der Waals surface area (Å²) >= 11 is 0. The zero-order chi connectivity index (χ0) is 13.0. The standard InChI is InChI=1S/C10H15NO5S/c1-10(2)5-17(15,16)11(9(10)14)7-3-6(4-7)8(12)13/h6-7H,3-5H2,1-2H3,(H,12,13). The van der Waals surface area contributed by atoms with Crippen LogP contribution in [-0.2, 0) is 19.6 Å². The van der Waals surface area contributed by atoms with Crippen molar-refractivity contribution in [2.75, 3.05) is 5.75 Å². The molecule has 0 atom stereocenters. The van der Waals surface area contributed by atoms with Gasteiger partial charge >= 0.3 is 5.97 Å². The van der Waals surface area contributed by atoms with Crippen LogP contribution in [-0.4, -0.2) is 41.5 Å². The van der Waals surface area contributed by atoms with E-state index in [-0.39, 0.29) is 18.6 Å². The SMILES string of the molecule is CC1(C)CS(=O)(=O)N(C2CC(C(=O)O)C2)C1=O. The quantitative estimate of drug-likeness (QED) is 0.758. The fourth-order valence-corrected chi connectivity index (χ4v) is 4.69. The molecule has 96 valence electrons. The van der Waals surface area contributed by atoms with Crippen LogP contribution in [0.15, 0.2) is 0 Å². The topological polar surface area (TPSA) is 91.8 Å². The van der Waals surface area contributed by atoms with Crippen molar-refractivity contribution in [2.24, 2.45) is 11.3 Å². The second kappa shape index (κ2) is 3.44. The van der Waals surface area contributed by atoms with Crippen molar-refractivity contribution >= 4 is 21.9 Å². The minimum Gasteiger partial charge on any atom is -0.481 e. The number of sulfonamides is 1. The molecule has 7 heteroatoms. The summed E-state index contributed by atoms with van der Waals surface area (Å²) < 4.78 is 24.6. The number of nitrogens with zero attached hydrogens (tertiary/aromatic N) is 1. The van der Waals surface area contributed by atoms with Crippen LogP contribution in [0.5, 0.6) is 0 Å². The summed E-state index contributed by atoms with van der Waals surface area (Å²) in [7, 11) is -3.56. The van der Waals surface area contributed by atoms with Crippen LogP contribution in [0.1, 0.15) is 26.7 Å². The van der Waals surface area contributed by atoms with E-state index in [0.29, 0.717) is 0 Å². The minimum absolute atomic E-state index is 0.187. The van der Waals surface area contributed by atoms with Crippen LogP contribution in [0.25, 0.3) is 0 Å². The molecule has 6 nitrogen and oxygen atoms in total. The number of carboxylic acids is 1. The molecule has 1 heterocycles. The van der Waals surface area contributed by atoms with Crippen molar-refractivity contribution in [2.45, 2.75) is 32.7 Å². The average molecular weight is 261 g/mol. The molecular formula is C10H15NO5S. The summed E-state index contributed by atoms with van der Waals surface area (Å²) in [4.78, 5) is 22.6. The van der Waals surface area contributed by atoms with Crippen molar-refractivity contribution in [1.29, 1.82) is 0 Å². The van der Waals surface area contributed by atoms with Crippen LogP contribution in [0.4, 0.5) is 0 Å².